The molecule has 0 aliphatic heterocycles. The summed E-state index contributed by atoms with van der Waals surface area (Å²) in [7, 11) is 1.93. The first-order chi connectivity index (χ1) is 10.2. The van der Waals surface area contributed by atoms with E-state index >= 15 is 0 Å². The second kappa shape index (κ2) is 8.20. The number of halogens is 1. The molecule has 0 aliphatic rings. The number of aromatic nitrogens is 2. The van der Waals surface area contributed by atoms with Crippen LogP contribution in [0.1, 0.15) is 24.5 Å². The Labute approximate surface area is 134 Å². The van der Waals surface area contributed by atoms with Crippen LogP contribution in [0.4, 0.5) is 0 Å². The van der Waals surface area contributed by atoms with Gasteiger partial charge in [0, 0.05) is 30.7 Å². The molecule has 0 fully saturated rings. The van der Waals surface area contributed by atoms with E-state index in [4.69, 9.17) is 4.74 Å². The Morgan fingerprint density at radius 1 is 1.38 bits per heavy atom. The van der Waals surface area contributed by atoms with Crippen molar-refractivity contribution in [1.29, 1.82) is 0 Å². The van der Waals surface area contributed by atoms with Crippen molar-refractivity contribution < 1.29 is 4.74 Å². The van der Waals surface area contributed by atoms with Crippen LogP contribution in [0.3, 0.4) is 0 Å². The first-order valence-corrected chi connectivity index (χ1v) is 8.08. The van der Waals surface area contributed by atoms with Gasteiger partial charge in [0.2, 0.25) is 0 Å². The Bertz CT molecular complexity index is 568. The zero-order valence-corrected chi connectivity index (χ0v) is 14.2. The molecule has 2 aromatic rings. The molecule has 1 aromatic heterocycles. The normalized spacial score (nSPS) is 10.8. The molecule has 2 rings (SSSR count). The first-order valence-electron chi connectivity index (χ1n) is 7.28. The molecule has 0 saturated carbocycles. The van der Waals surface area contributed by atoms with Crippen molar-refractivity contribution in [3.8, 4) is 5.75 Å². The van der Waals surface area contributed by atoms with Crippen molar-refractivity contribution in [3.63, 3.8) is 0 Å². The number of rotatable bonds is 8. The Kier molecular flexibility index (Phi) is 6.26. The summed E-state index contributed by atoms with van der Waals surface area (Å²) in [5.41, 5.74) is 2.42. The maximum Gasteiger partial charge on any atom is 0.119 e. The van der Waals surface area contributed by atoms with Gasteiger partial charge in [-0.15, -0.1) is 0 Å². The summed E-state index contributed by atoms with van der Waals surface area (Å²) in [6.07, 6.45) is 5.91. The molecule has 1 aromatic carbocycles. The van der Waals surface area contributed by atoms with Gasteiger partial charge in [0.05, 0.1) is 12.8 Å². The molecule has 1 N–H and O–H groups in total. The van der Waals surface area contributed by atoms with E-state index in [0.717, 1.165) is 36.2 Å². The summed E-state index contributed by atoms with van der Waals surface area (Å²) in [6.45, 7) is 4.71. The molecule has 0 unspecified atom stereocenters. The number of hydrogen-bond acceptors (Lipinski definition) is 3. The van der Waals surface area contributed by atoms with Crippen molar-refractivity contribution in [2.24, 2.45) is 7.05 Å². The summed E-state index contributed by atoms with van der Waals surface area (Å²) in [5, 5.41) is 7.56. The van der Waals surface area contributed by atoms with E-state index in [9.17, 15) is 0 Å². The summed E-state index contributed by atoms with van der Waals surface area (Å²) in [4.78, 5) is 0. The van der Waals surface area contributed by atoms with E-state index in [-0.39, 0.29) is 0 Å². The minimum Gasteiger partial charge on any atom is -0.493 e. The van der Waals surface area contributed by atoms with Gasteiger partial charge >= 0.3 is 0 Å². The number of nitrogens with one attached hydrogen (secondary N) is 1. The van der Waals surface area contributed by atoms with Crippen LogP contribution in [-0.4, -0.2) is 22.9 Å². The highest BCUT2D eigenvalue weighted by Gasteiger charge is 2.03. The Balaban J connectivity index is 1.86. The second-order valence-electron chi connectivity index (χ2n) is 5.05. The van der Waals surface area contributed by atoms with Crippen LogP contribution < -0.4 is 10.1 Å². The molecule has 0 saturated heterocycles. The second-order valence-corrected chi connectivity index (χ2v) is 5.91. The molecule has 21 heavy (non-hydrogen) atoms. The largest absolute Gasteiger partial charge is 0.493 e. The summed E-state index contributed by atoms with van der Waals surface area (Å²) >= 11 is 3.58. The smallest absolute Gasteiger partial charge is 0.119 e. The van der Waals surface area contributed by atoms with Gasteiger partial charge in [0.1, 0.15) is 5.75 Å². The maximum absolute atomic E-state index is 5.84. The SMILES string of the molecule is CCCNCc1cc(OCCc2cnn(C)c2)ccc1Br. The predicted octanol–water partition coefficient (Wildman–Crippen LogP) is 3.30. The van der Waals surface area contributed by atoms with Crippen LogP contribution in [0.15, 0.2) is 35.1 Å². The lowest BCUT2D eigenvalue weighted by Crippen LogP contribution is -2.14. The highest BCUT2D eigenvalue weighted by Crippen LogP contribution is 2.22. The Morgan fingerprint density at radius 3 is 2.95 bits per heavy atom. The number of benzene rings is 1. The number of aryl methyl sites for hydroxylation is 1. The monoisotopic (exact) mass is 351 g/mol. The first kappa shape index (κ1) is 16.0. The summed E-state index contributed by atoms with van der Waals surface area (Å²) in [6, 6.07) is 6.13. The average molecular weight is 352 g/mol. The van der Waals surface area contributed by atoms with Gasteiger partial charge in [-0.25, -0.2) is 0 Å². The van der Waals surface area contributed by atoms with Crippen LogP contribution in [0, 0.1) is 0 Å². The van der Waals surface area contributed by atoms with E-state index in [0.29, 0.717) is 6.61 Å². The third-order valence-electron chi connectivity index (χ3n) is 3.18. The molecule has 0 amide bonds. The molecule has 114 valence electrons. The van der Waals surface area contributed by atoms with Gasteiger partial charge in [-0.2, -0.15) is 5.10 Å². The Morgan fingerprint density at radius 2 is 2.24 bits per heavy atom. The van der Waals surface area contributed by atoms with Crippen molar-refractivity contribution in [3.05, 3.63) is 46.2 Å². The van der Waals surface area contributed by atoms with Gasteiger partial charge in [-0.3, -0.25) is 4.68 Å². The third kappa shape index (κ3) is 5.17. The van der Waals surface area contributed by atoms with Crippen molar-refractivity contribution in [1.82, 2.24) is 15.1 Å². The number of ether oxygens (including phenoxy) is 1. The zero-order valence-electron chi connectivity index (χ0n) is 12.6. The van der Waals surface area contributed by atoms with Crippen molar-refractivity contribution in [2.75, 3.05) is 13.2 Å². The molecule has 0 spiro atoms. The molecule has 0 bridgehead atoms. The molecule has 1 heterocycles. The van der Waals surface area contributed by atoms with Crippen LogP contribution in [-0.2, 0) is 20.0 Å². The van der Waals surface area contributed by atoms with Crippen LogP contribution in [0.5, 0.6) is 5.75 Å². The minimum atomic E-state index is 0.662. The van der Waals surface area contributed by atoms with Gasteiger partial charge in [0.25, 0.3) is 0 Å². The number of hydrogen-bond donors (Lipinski definition) is 1. The topological polar surface area (TPSA) is 39.1 Å². The molecular weight excluding hydrogens is 330 g/mol. The molecule has 0 aliphatic carbocycles. The average Bonchev–Trinajstić information content (AvgIpc) is 2.88. The molecular formula is C16H22BrN3O. The van der Waals surface area contributed by atoms with E-state index in [1.54, 1.807) is 0 Å². The van der Waals surface area contributed by atoms with Gasteiger partial charge < -0.3 is 10.1 Å². The van der Waals surface area contributed by atoms with Crippen molar-refractivity contribution >= 4 is 15.9 Å². The van der Waals surface area contributed by atoms with Crippen LogP contribution in [0.25, 0.3) is 0 Å². The quantitative estimate of drug-likeness (QED) is 0.741. The van der Waals surface area contributed by atoms with Crippen molar-refractivity contribution in [2.45, 2.75) is 26.3 Å². The highest BCUT2D eigenvalue weighted by molar-refractivity contribution is 9.10. The van der Waals surface area contributed by atoms with Gasteiger partial charge in [0.15, 0.2) is 0 Å². The molecule has 5 heteroatoms. The van der Waals surface area contributed by atoms with E-state index in [1.165, 1.54) is 11.1 Å². The minimum absolute atomic E-state index is 0.662. The fourth-order valence-corrected chi connectivity index (χ4v) is 2.45. The summed E-state index contributed by atoms with van der Waals surface area (Å²) in [5.74, 6) is 0.912. The Hall–Kier alpha value is -1.33. The van der Waals surface area contributed by atoms with E-state index in [2.05, 4.69) is 39.3 Å². The predicted molar refractivity (Wildman–Crippen MR) is 88.5 cm³/mol. The van der Waals surface area contributed by atoms with E-state index in [1.807, 2.05) is 36.3 Å². The zero-order chi connectivity index (χ0) is 15.1. The van der Waals surface area contributed by atoms with Gasteiger partial charge in [-0.1, -0.05) is 22.9 Å². The van der Waals surface area contributed by atoms with Crippen LogP contribution >= 0.6 is 15.9 Å². The summed E-state index contributed by atoms with van der Waals surface area (Å²) < 4.78 is 8.76. The standard InChI is InChI=1S/C16H22BrN3O/c1-3-7-18-11-14-9-15(4-5-16(14)17)21-8-6-13-10-19-20(2)12-13/h4-5,9-10,12,18H,3,6-8,11H2,1-2H3. The number of nitrogens with zero attached hydrogens (tertiary/aromatic N) is 2. The third-order valence-corrected chi connectivity index (χ3v) is 3.95. The molecule has 4 nitrogen and oxygen atoms in total. The lowest BCUT2D eigenvalue weighted by Gasteiger charge is -2.10. The van der Waals surface area contributed by atoms with E-state index < -0.39 is 0 Å². The molecule has 0 radical (unpaired) electrons. The molecule has 0 atom stereocenters. The van der Waals surface area contributed by atoms with Crippen LogP contribution in [0.2, 0.25) is 0 Å². The lowest BCUT2D eigenvalue weighted by atomic mass is 10.2. The fraction of sp³-hybridized carbons (Fsp3) is 0.438. The maximum atomic E-state index is 5.84. The lowest BCUT2D eigenvalue weighted by molar-refractivity contribution is 0.321. The fourth-order valence-electron chi connectivity index (χ4n) is 2.06. The highest BCUT2D eigenvalue weighted by atomic mass is 79.9. The van der Waals surface area contributed by atoms with Gasteiger partial charge in [-0.05, 0) is 42.3 Å².